The summed E-state index contributed by atoms with van der Waals surface area (Å²) in [7, 11) is 0. The Morgan fingerprint density at radius 3 is 2.82 bits per heavy atom. The molecule has 0 amide bonds. The second-order valence-corrected chi connectivity index (χ2v) is 5.34. The largest absolute Gasteiger partial charge is 0.469 e. The van der Waals surface area contributed by atoms with E-state index in [-0.39, 0.29) is 24.0 Å². The third-order valence-electron chi connectivity index (χ3n) is 2.76. The number of furan rings is 1. The highest BCUT2D eigenvalue weighted by atomic mass is 127. The highest BCUT2D eigenvalue weighted by Crippen LogP contribution is 1.99. The Morgan fingerprint density at radius 1 is 1.36 bits per heavy atom. The Balaban J connectivity index is 0.00000441. The van der Waals surface area contributed by atoms with Crippen molar-refractivity contribution in [2.45, 2.75) is 33.6 Å². The summed E-state index contributed by atoms with van der Waals surface area (Å²) in [5.41, 5.74) is 0. The van der Waals surface area contributed by atoms with Crippen molar-refractivity contribution in [2.24, 2.45) is 10.9 Å². The van der Waals surface area contributed by atoms with Gasteiger partial charge in [-0.15, -0.1) is 24.0 Å². The molecular formula is C16H30IN3O2. The van der Waals surface area contributed by atoms with Gasteiger partial charge in [0.25, 0.3) is 0 Å². The molecule has 0 atom stereocenters. The van der Waals surface area contributed by atoms with E-state index in [9.17, 15) is 0 Å². The topological polar surface area (TPSA) is 58.8 Å². The first-order valence-corrected chi connectivity index (χ1v) is 7.84. The highest BCUT2D eigenvalue weighted by molar-refractivity contribution is 14.0. The van der Waals surface area contributed by atoms with Crippen molar-refractivity contribution in [3.8, 4) is 0 Å². The maximum Gasteiger partial charge on any atom is 0.191 e. The normalized spacial score (nSPS) is 11.4. The fraction of sp³-hybridized carbons (Fsp3) is 0.688. The molecule has 128 valence electrons. The summed E-state index contributed by atoms with van der Waals surface area (Å²) in [6.45, 7) is 10.4. The molecule has 0 aliphatic heterocycles. The second-order valence-electron chi connectivity index (χ2n) is 5.34. The first-order chi connectivity index (χ1) is 10.2. The van der Waals surface area contributed by atoms with Crippen molar-refractivity contribution < 1.29 is 9.15 Å². The monoisotopic (exact) mass is 423 g/mol. The summed E-state index contributed by atoms with van der Waals surface area (Å²) < 4.78 is 10.8. The lowest BCUT2D eigenvalue weighted by Crippen LogP contribution is -2.38. The SMILES string of the molecule is CCNC(=NCCCOCC(C)C)NCCc1ccco1.I. The first-order valence-electron chi connectivity index (χ1n) is 7.84. The van der Waals surface area contributed by atoms with Crippen LogP contribution in [-0.2, 0) is 11.2 Å². The zero-order chi connectivity index (χ0) is 15.3. The van der Waals surface area contributed by atoms with Crippen LogP contribution in [0.2, 0.25) is 0 Å². The van der Waals surface area contributed by atoms with Crippen LogP contribution < -0.4 is 10.6 Å². The summed E-state index contributed by atoms with van der Waals surface area (Å²) in [4.78, 5) is 4.53. The van der Waals surface area contributed by atoms with Gasteiger partial charge in [0.15, 0.2) is 5.96 Å². The minimum Gasteiger partial charge on any atom is -0.469 e. The van der Waals surface area contributed by atoms with Gasteiger partial charge in [0.05, 0.1) is 6.26 Å². The summed E-state index contributed by atoms with van der Waals surface area (Å²) in [5.74, 6) is 2.43. The van der Waals surface area contributed by atoms with E-state index in [2.05, 4.69) is 36.4 Å². The Bertz CT molecular complexity index is 381. The number of rotatable bonds is 10. The van der Waals surface area contributed by atoms with Gasteiger partial charge in [-0.05, 0) is 31.4 Å². The molecule has 5 nitrogen and oxygen atoms in total. The molecule has 0 spiro atoms. The molecule has 1 rings (SSSR count). The molecule has 1 aromatic rings. The van der Waals surface area contributed by atoms with Crippen LogP contribution >= 0.6 is 24.0 Å². The lowest BCUT2D eigenvalue weighted by molar-refractivity contribution is 0.109. The van der Waals surface area contributed by atoms with Crippen LogP contribution in [0, 0.1) is 5.92 Å². The highest BCUT2D eigenvalue weighted by Gasteiger charge is 1.99. The van der Waals surface area contributed by atoms with Crippen LogP contribution in [0.25, 0.3) is 0 Å². The molecule has 0 aliphatic rings. The van der Waals surface area contributed by atoms with Crippen molar-refractivity contribution in [3.63, 3.8) is 0 Å². The zero-order valence-electron chi connectivity index (χ0n) is 13.9. The first kappa shape index (κ1) is 21.2. The van der Waals surface area contributed by atoms with Gasteiger partial charge in [0.1, 0.15) is 5.76 Å². The molecule has 0 unspecified atom stereocenters. The maximum atomic E-state index is 5.54. The van der Waals surface area contributed by atoms with Gasteiger partial charge in [-0.1, -0.05) is 13.8 Å². The third kappa shape index (κ3) is 10.9. The molecular weight excluding hydrogens is 393 g/mol. The Kier molecular flexibility index (Phi) is 13.4. The minimum absolute atomic E-state index is 0. The summed E-state index contributed by atoms with van der Waals surface area (Å²) in [5, 5.41) is 6.55. The van der Waals surface area contributed by atoms with Crippen molar-refractivity contribution >= 4 is 29.9 Å². The average Bonchev–Trinajstić information content (AvgIpc) is 2.95. The summed E-state index contributed by atoms with van der Waals surface area (Å²) >= 11 is 0. The van der Waals surface area contributed by atoms with Gasteiger partial charge < -0.3 is 19.8 Å². The van der Waals surface area contributed by atoms with Gasteiger partial charge in [-0.3, -0.25) is 4.99 Å². The van der Waals surface area contributed by atoms with E-state index in [1.807, 2.05) is 12.1 Å². The van der Waals surface area contributed by atoms with Crippen LogP contribution in [0.15, 0.2) is 27.8 Å². The molecule has 0 bridgehead atoms. The number of guanidine groups is 1. The summed E-state index contributed by atoms with van der Waals surface area (Å²) in [6.07, 6.45) is 3.50. The predicted octanol–water partition coefficient (Wildman–Crippen LogP) is 3.06. The van der Waals surface area contributed by atoms with E-state index in [0.29, 0.717) is 5.92 Å². The molecule has 0 aliphatic carbocycles. The molecule has 0 fully saturated rings. The molecule has 0 saturated carbocycles. The lowest BCUT2D eigenvalue weighted by atomic mass is 10.2. The van der Waals surface area contributed by atoms with Crippen LogP contribution in [0.5, 0.6) is 0 Å². The molecule has 2 N–H and O–H groups in total. The zero-order valence-corrected chi connectivity index (χ0v) is 16.3. The third-order valence-corrected chi connectivity index (χ3v) is 2.76. The van der Waals surface area contributed by atoms with E-state index >= 15 is 0 Å². The van der Waals surface area contributed by atoms with Crippen LogP contribution in [0.4, 0.5) is 0 Å². The number of hydrogen-bond acceptors (Lipinski definition) is 3. The van der Waals surface area contributed by atoms with Crippen LogP contribution in [0.3, 0.4) is 0 Å². The van der Waals surface area contributed by atoms with Gasteiger partial charge >= 0.3 is 0 Å². The van der Waals surface area contributed by atoms with E-state index in [1.165, 1.54) is 0 Å². The molecule has 1 heterocycles. The Hall–Kier alpha value is -0.760. The standard InChI is InChI=1S/C16H29N3O2.HI/c1-4-17-16(18-9-6-11-20-13-14(2)3)19-10-8-15-7-5-12-21-15;/h5,7,12,14H,4,6,8-11,13H2,1-3H3,(H2,17,18,19);1H. The molecule has 6 heteroatoms. The summed E-state index contributed by atoms with van der Waals surface area (Å²) in [6, 6.07) is 3.89. The predicted molar refractivity (Wildman–Crippen MR) is 102 cm³/mol. The quantitative estimate of drug-likeness (QED) is 0.263. The van der Waals surface area contributed by atoms with Crippen molar-refractivity contribution in [1.29, 1.82) is 0 Å². The van der Waals surface area contributed by atoms with Crippen LogP contribution in [0.1, 0.15) is 33.0 Å². The number of halogens is 1. The number of nitrogens with zero attached hydrogens (tertiary/aromatic N) is 1. The maximum absolute atomic E-state index is 5.54. The average molecular weight is 423 g/mol. The number of aliphatic imine (C=N–C) groups is 1. The molecule has 0 aromatic carbocycles. The Labute approximate surface area is 151 Å². The van der Waals surface area contributed by atoms with Gasteiger partial charge in [-0.25, -0.2) is 0 Å². The lowest BCUT2D eigenvalue weighted by Gasteiger charge is -2.11. The second kappa shape index (κ2) is 13.9. The number of hydrogen-bond donors (Lipinski definition) is 2. The van der Waals surface area contributed by atoms with E-state index in [4.69, 9.17) is 9.15 Å². The number of ether oxygens (including phenoxy) is 1. The fourth-order valence-corrected chi connectivity index (χ4v) is 1.78. The van der Waals surface area contributed by atoms with Gasteiger partial charge in [0.2, 0.25) is 0 Å². The van der Waals surface area contributed by atoms with Gasteiger partial charge in [-0.2, -0.15) is 0 Å². The van der Waals surface area contributed by atoms with Crippen molar-refractivity contribution in [3.05, 3.63) is 24.2 Å². The van der Waals surface area contributed by atoms with E-state index in [1.54, 1.807) is 6.26 Å². The van der Waals surface area contributed by atoms with Gasteiger partial charge in [0, 0.05) is 39.3 Å². The van der Waals surface area contributed by atoms with E-state index in [0.717, 1.165) is 57.4 Å². The fourth-order valence-electron chi connectivity index (χ4n) is 1.78. The minimum atomic E-state index is 0. The smallest absolute Gasteiger partial charge is 0.191 e. The molecule has 0 radical (unpaired) electrons. The molecule has 0 saturated heterocycles. The van der Waals surface area contributed by atoms with Crippen LogP contribution in [-0.4, -0.2) is 38.8 Å². The molecule has 22 heavy (non-hydrogen) atoms. The van der Waals surface area contributed by atoms with E-state index < -0.39 is 0 Å². The Morgan fingerprint density at radius 2 is 2.18 bits per heavy atom. The number of nitrogens with one attached hydrogen (secondary N) is 2. The molecule has 1 aromatic heterocycles. The van der Waals surface area contributed by atoms with Crippen molar-refractivity contribution in [1.82, 2.24) is 10.6 Å². The van der Waals surface area contributed by atoms with Crippen molar-refractivity contribution in [2.75, 3.05) is 32.8 Å².